The predicted molar refractivity (Wildman–Crippen MR) is 352 cm³/mol. The number of nitrogens with zero attached hydrogens (tertiary/aromatic N) is 4. The van der Waals surface area contributed by atoms with Crippen molar-refractivity contribution in [1.29, 1.82) is 0 Å². The van der Waals surface area contributed by atoms with Crippen LogP contribution in [0, 0.1) is 0 Å². The molecule has 0 saturated heterocycles. The second-order valence-electron chi connectivity index (χ2n) is 25.7. The third-order valence-electron chi connectivity index (χ3n) is 17.3. The second kappa shape index (κ2) is 18.1. The summed E-state index contributed by atoms with van der Waals surface area (Å²) in [5.74, 6) is 0. The Hall–Kier alpha value is -9.38. The number of hydrogen-bond acceptors (Lipinski definition) is 0. The zero-order valence-corrected chi connectivity index (χ0v) is 48.3. The summed E-state index contributed by atoms with van der Waals surface area (Å²) in [7, 11) is 0. The van der Waals surface area contributed by atoms with Gasteiger partial charge in [0, 0.05) is 93.1 Å². The van der Waals surface area contributed by atoms with Crippen molar-refractivity contribution in [3.63, 3.8) is 0 Å². The highest BCUT2D eigenvalue weighted by atomic mass is 15.1. The number of hydrogen-bond donors (Lipinski definition) is 0. The molecule has 0 saturated carbocycles. The summed E-state index contributed by atoms with van der Waals surface area (Å²) in [6.45, 7) is 20.9. The molecule has 0 aliphatic rings. The zero-order valence-electron chi connectivity index (χ0n) is 48.3. The third-order valence-corrected chi connectivity index (χ3v) is 17.3. The standard InChI is InChI=1S/C78H66N4/c1-76(2,3)80-69-39-16-14-30-61(69)66-48-55(42-44-70(66)80)79-67-38-15-13-29-60(67)65-47-51(41-43-68(65)79)50-25-17-27-53(45-50)59-34-21-37-64-72-56(31-22-40-71(72)81(75(59)64)77(4,5)6)52-26-18-28-54(46-52)58-33-20-36-63-62-35-19-32-57(49-23-11-10-12-24-49)73(62)82(74(58)63)78(7,8)9/h10-48H,1-9H3. The van der Waals surface area contributed by atoms with E-state index >= 15 is 0 Å². The summed E-state index contributed by atoms with van der Waals surface area (Å²) >= 11 is 0. The Morgan fingerprint density at radius 2 is 0.634 bits per heavy atom. The minimum absolute atomic E-state index is 0.0677. The molecule has 0 N–H and O–H groups in total. The molecule has 4 heterocycles. The zero-order chi connectivity index (χ0) is 56.0. The molecule has 0 aliphatic heterocycles. The lowest BCUT2D eigenvalue weighted by molar-refractivity contribution is 0.423. The molecule has 0 bridgehead atoms. The van der Waals surface area contributed by atoms with Gasteiger partial charge in [0.1, 0.15) is 0 Å². The van der Waals surface area contributed by atoms with Crippen LogP contribution in [-0.2, 0) is 16.6 Å². The van der Waals surface area contributed by atoms with E-state index < -0.39 is 0 Å². The molecule has 0 amide bonds. The Bertz CT molecular complexity index is 5090. The molecule has 4 nitrogen and oxygen atoms in total. The quantitative estimate of drug-likeness (QED) is 0.158. The van der Waals surface area contributed by atoms with Crippen LogP contribution in [0.3, 0.4) is 0 Å². The molecule has 0 fully saturated rings. The van der Waals surface area contributed by atoms with Crippen LogP contribution in [0.1, 0.15) is 62.3 Å². The van der Waals surface area contributed by atoms with E-state index in [0.717, 1.165) is 0 Å². The van der Waals surface area contributed by atoms with Gasteiger partial charge in [0.25, 0.3) is 0 Å². The van der Waals surface area contributed by atoms with Crippen LogP contribution >= 0.6 is 0 Å². The van der Waals surface area contributed by atoms with Gasteiger partial charge < -0.3 is 18.3 Å². The number of aromatic nitrogens is 4. The first kappa shape index (κ1) is 49.6. The molecule has 0 aliphatic carbocycles. The van der Waals surface area contributed by atoms with E-state index in [1.54, 1.807) is 0 Å². The van der Waals surface area contributed by atoms with Crippen LogP contribution in [0.5, 0.6) is 0 Å². The summed E-state index contributed by atoms with van der Waals surface area (Å²) in [4.78, 5) is 0. The lowest BCUT2D eigenvalue weighted by atomic mass is 9.93. The number of rotatable bonds is 6. The average Bonchev–Trinajstić information content (AvgIpc) is 3.20. The van der Waals surface area contributed by atoms with Crippen LogP contribution in [0.15, 0.2) is 237 Å². The van der Waals surface area contributed by atoms with Gasteiger partial charge >= 0.3 is 0 Å². The molecule has 0 spiro atoms. The SMILES string of the molecule is CC(C)(C)n1c2ccccc2c2cc(-n3c4ccccc4c4cc(-c5cccc(-c6cccc7c8c(-c9cccc(-c%10cccc%11c%12cccc(-c%13ccccc%13)c%12n(C(C)(C)C)c%10%11)c9)cccc8n(C(C)(C)C)c67)c5)ccc43)ccc21. The van der Waals surface area contributed by atoms with Gasteiger partial charge in [-0.1, -0.05) is 176 Å². The third kappa shape index (κ3) is 7.57. The van der Waals surface area contributed by atoms with Crippen molar-refractivity contribution in [2.24, 2.45) is 0 Å². The van der Waals surface area contributed by atoms with E-state index in [-0.39, 0.29) is 16.6 Å². The topological polar surface area (TPSA) is 19.7 Å². The molecule has 15 rings (SSSR count). The largest absolute Gasteiger partial charge is 0.335 e. The highest BCUT2D eigenvalue weighted by Crippen LogP contribution is 2.47. The van der Waals surface area contributed by atoms with E-state index in [4.69, 9.17) is 0 Å². The van der Waals surface area contributed by atoms with Gasteiger partial charge in [-0.25, -0.2) is 0 Å². The molecule has 82 heavy (non-hydrogen) atoms. The fourth-order valence-electron chi connectivity index (χ4n) is 14.1. The molecule has 4 aromatic heterocycles. The summed E-state index contributed by atoms with van der Waals surface area (Å²) in [6, 6.07) is 88.7. The van der Waals surface area contributed by atoms with Crippen molar-refractivity contribution in [1.82, 2.24) is 18.3 Å². The lowest BCUT2D eigenvalue weighted by Gasteiger charge is -2.26. The molecule has 15 aromatic rings. The summed E-state index contributed by atoms with van der Waals surface area (Å²) in [6.07, 6.45) is 0. The van der Waals surface area contributed by atoms with Crippen molar-refractivity contribution in [3.8, 4) is 61.3 Å². The van der Waals surface area contributed by atoms with Crippen LogP contribution in [0.25, 0.3) is 149 Å². The molecule has 0 unspecified atom stereocenters. The first-order valence-corrected chi connectivity index (χ1v) is 29.1. The Balaban J connectivity index is 0.860. The molecule has 398 valence electrons. The number of para-hydroxylation sites is 5. The highest BCUT2D eigenvalue weighted by molar-refractivity contribution is 6.20. The molecule has 4 heteroatoms. The first-order chi connectivity index (χ1) is 39.6. The van der Waals surface area contributed by atoms with E-state index in [1.165, 1.54) is 149 Å². The molecule has 0 atom stereocenters. The number of fused-ring (bicyclic) bond motifs is 12. The van der Waals surface area contributed by atoms with E-state index in [0.29, 0.717) is 0 Å². The van der Waals surface area contributed by atoms with Gasteiger partial charge in [-0.05, 0) is 162 Å². The van der Waals surface area contributed by atoms with Crippen molar-refractivity contribution >= 4 is 87.2 Å². The molecule has 0 radical (unpaired) electrons. The van der Waals surface area contributed by atoms with Crippen LogP contribution in [-0.4, -0.2) is 18.3 Å². The molecular weight excluding hydrogens is 993 g/mol. The monoisotopic (exact) mass is 1060 g/mol. The first-order valence-electron chi connectivity index (χ1n) is 29.1. The average molecular weight is 1060 g/mol. The minimum Gasteiger partial charge on any atom is -0.335 e. The van der Waals surface area contributed by atoms with Crippen molar-refractivity contribution in [2.75, 3.05) is 0 Å². The van der Waals surface area contributed by atoms with Gasteiger partial charge in [-0.3, -0.25) is 0 Å². The van der Waals surface area contributed by atoms with Crippen molar-refractivity contribution in [3.05, 3.63) is 237 Å². The predicted octanol–water partition coefficient (Wildman–Crippen LogP) is 21.7. The lowest BCUT2D eigenvalue weighted by Crippen LogP contribution is -2.22. The van der Waals surface area contributed by atoms with Crippen molar-refractivity contribution < 1.29 is 0 Å². The summed E-state index contributed by atoms with van der Waals surface area (Å²) in [5, 5.41) is 10.1. The van der Waals surface area contributed by atoms with Crippen LogP contribution < -0.4 is 0 Å². The van der Waals surface area contributed by atoms with Gasteiger partial charge in [-0.15, -0.1) is 0 Å². The van der Waals surface area contributed by atoms with E-state index in [9.17, 15) is 0 Å². The van der Waals surface area contributed by atoms with Gasteiger partial charge in [-0.2, -0.15) is 0 Å². The van der Waals surface area contributed by atoms with Crippen LogP contribution in [0.4, 0.5) is 0 Å². The fraction of sp³-hybridized carbons (Fsp3) is 0.154. The highest BCUT2D eigenvalue weighted by Gasteiger charge is 2.28. The maximum absolute atomic E-state index is 2.60. The van der Waals surface area contributed by atoms with Gasteiger partial charge in [0.15, 0.2) is 0 Å². The maximum Gasteiger partial charge on any atom is 0.0576 e. The second-order valence-corrected chi connectivity index (χ2v) is 25.7. The molecule has 11 aromatic carbocycles. The summed E-state index contributed by atoms with van der Waals surface area (Å²) < 4.78 is 10.1. The van der Waals surface area contributed by atoms with E-state index in [2.05, 4.69) is 317 Å². The minimum atomic E-state index is -0.226. The Labute approximate surface area is 479 Å². The molecular formula is C78H66N4. The summed E-state index contributed by atoms with van der Waals surface area (Å²) in [5.41, 5.74) is 22.8. The van der Waals surface area contributed by atoms with E-state index in [1.807, 2.05) is 0 Å². The van der Waals surface area contributed by atoms with Crippen molar-refractivity contribution in [2.45, 2.75) is 78.9 Å². The van der Waals surface area contributed by atoms with Crippen LogP contribution in [0.2, 0.25) is 0 Å². The smallest absolute Gasteiger partial charge is 0.0576 e. The Kier molecular flexibility index (Phi) is 10.9. The van der Waals surface area contributed by atoms with Gasteiger partial charge in [0.2, 0.25) is 0 Å². The fourth-order valence-corrected chi connectivity index (χ4v) is 14.1. The normalized spacial score (nSPS) is 12.7. The number of benzene rings is 11. The van der Waals surface area contributed by atoms with Gasteiger partial charge in [0.05, 0.1) is 33.1 Å². The maximum atomic E-state index is 2.60. The Morgan fingerprint density at radius 1 is 0.232 bits per heavy atom. The Morgan fingerprint density at radius 3 is 1.28 bits per heavy atom.